The first-order valence-electron chi connectivity index (χ1n) is 10.1. The van der Waals surface area contributed by atoms with Gasteiger partial charge in [-0.1, -0.05) is 42.5 Å². The van der Waals surface area contributed by atoms with Crippen LogP contribution in [0.2, 0.25) is 0 Å². The van der Waals surface area contributed by atoms with E-state index in [2.05, 4.69) is 29.2 Å². The van der Waals surface area contributed by atoms with Crippen molar-refractivity contribution in [3.8, 4) is 11.5 Å². The lowest BCUT2D eigenvalue weighted by atomic mass is 10.2. The lowest BCUT2D eigenvalue weighted by Crippen LogP contribution is -2.33. The maximum atomic E-state index is 11.5. The van der Waals surface area contributed by atoms with Crippen LogP contribution in [0.3, 0.4) is 0 Å². The largest absolute Gasteiger partial charge is 0.492 e. The van der Waals surface area contributed by atoms with E-state index in [-0.39, 0.29) is 5.76 Å². The molecule has 5 nitrogen and oxygen atoms in total. The fourth-order valence-corrected chi connectivity index (χ4v) is 4.35. The van der Waals surface area contributed by atoms with E-state index in [1.54, 1.807) is 24.3 Å². The van der Waals surface area contributed by atoms with Crippen molar-refractivity contribution in [3.05, 3.63) is 90.2 Å². The van der Waals surface area contributed by atoms with Crippen molar-refractivity contribution >= 4 is 29.5 Å². The molecule has 0 saturated carbocycles. The zero-order valence-electron chi connectivity index (χ0n) is 16.9. The molecule has 0 spiro atoms. The monoisotopic (exact) mass is 433 g/mol. The second-order valence-electron chi connectivity index (χ2n) is 6.95. The van der Waals surface area contributed by atoms with Gasteiger partial charge < -0.3 is 19.5 Å². The third-order valence-corrected chi connectivity index (χ3v) is 5.86. The number of carboxylic acid groups (broad SMARTS) is 1. The second-order valence-corrected chi connectivity index (χ2v) is 8.09. The first kappa shape index (κ1) is 20.9. The third kappa shape index (κ3) is 5.61. The molecule has 6 heteroatoms. The summed E-state index contributed by atoms with van der Waals surface area (Å²) in [6, 6.07) is 24.6. The van der Waals surface area contributed by atoms with E-state index in [1.165, 1.54) is 16.7 Å². The molecule has 0 aliphatic carbocycles. The molecule has 4 rings (SSSR count). The average molecular weight is 434 g/mol. The molecular weight excluding hydrogens is 410 g/mol. The fourth-order valence-electron chi connectivity index (χ4n) is 3.29. The van der Waals surface area contributed by atoms with Gasteiger partial charge in [0.2, 0.25) is 5.76 Å². The summed E-state index contributed by atoms with van der Waals surface area (Å²) >= 11 is 1.89. The van der Waals surface area contributed by atoms with Crippen LogP contribution in [0.4, 0.5) is 5.69 Å². The van der Waals surface area contributed by atoms with E-state index >= 15 is 0 Å². The quantitative estimate of drug-likeness (QED) is 0.390. The van der Waals surface area contributed by atoms with Crippen molar-refractivity contribution in [2.24, 2.45) is 0 Å². The van der Waals surface area contributed by atoms with Crippen LogP contribution >= 0.6 is 11.8 Å². The number of nitrogens with zero attached hydrogens (tertiary/aromatic N) is 1. The summed E-state index contributed by atoms with van der Waals surface area (Å²) in [6.07, 6.45) is 1.50. The minimum atomic E-state index is -1.12. The second kappa shape index (κ2) is 10.1. The normalized spacial score (nSPS) is 13.4. The number of ether oxygens (including phenoxy) is 2. The van der Waals surface area contributed by atoms with Crippen LogP contribution in [0, 0.1) is 0 Å². The van der Waals surface area contributed by atoms with E-state index in [0.717, 1.165) is 30.2 Å². The van der Waals surface area contributed by atoms with Crippen LogP contribution in [0.25, 0.3) is 6.08 Å². The van der Waals surface area contributed by atoms with Gasteiger partial charge >= 0.3 is 5.97 Å². The summed E-state index contributed by atoms with van der Waals surface area (Å²) in [5.41, 5.74) is 1.99. The summed E-state index contributed by atoms with van der Waals surface area (Å²) in [5.74, 6) is 1.05. The van der Waals surface area contributed by atoms with Gasteiger partial charge in [-0.15, -0.1) is 11.8 Å². The van der Waals surface area contributed by atoms with Gasteiger partial charge in [-0.3, -0.25) is 0 Å². The molecule has 158 valence electrons. The molecule has 0 atom stereocenters. The van der Waals surface area contributed by atoms with Gasteiger partial charge in [0.25, 0.3) is 0 Å². The van der Waals surface area contributed by atoms with Crippen molar-refractivity contribution in [1.29, 1.82) is 0 Å². The van der Waals surface area contributed by atoms with Crippen LogP contribution < -0.4 is 14.4 Å². The Labute approximate surface area is 185 Å². The SMILES string of the molecule is O=C(O)/C(=C\c1ccc(OCCN2CCSc3ccccc32)cc1)Oc1ccccc1. The highest BCUT2D eigenvalue weighted by molar-refractivity contribution is 7.99. The average Bonchev–Trinajstić information content (AvgIpc) is 2.80. The Kier molecular flexibility index (Phi) is 6.79. The zero-order valence-corrected chi connectivity index (χ0v) is 17.8. The van der Waals surface area contributed by atoms with Crippen LogP contribution in [-0.4, -0.2) is 36.5 Å². The summed E-state index contributed by atoms with van der Waals surface area (Å²) < 4.78 is 11.4. The first-order chi connectivity index (χ1) is 15.2. The molecular formula is C25H23NO4S. The van der Waals surface area contributed by atoms with Crippen molar-refractivity contribution in [3.63, 3.8) is 0 Å². The maximum absolute atomic E-state index is 11.5. The van der Waals surface area contributed by atoms with Crippen LogP contribution in [-0.2, 0) is 4.79 Å². The molecule has 0 aromatic heterocycles. The molecule has 0 saturated heterocycles. The Hall–Kier alpha value is -3.38. The number of para-hydroxylation sites is 2. The Morgan fingerprint density at radius 1 is 0.968 bits per heavy atom. The number of benzene rings is 3. The number of rotatable bonds is 8. The number of carbonyl (C=O) groups is 1. The molecule has 31 heavy (non-hydrogen) atoms. The molecule has 1 aliphatic rings. The number of hydrogen-bond acceptors (Lipinski definition) is 5. The van der Waals surface area contributed by atoms with Gasteiger partial charge in [0.15, 0.2) is 0 Å². The fraction of sp³-hybridized carbons (Fsp3) is 0.160. The predicted molar refractivity (Wildman–Crippen MR) is 124 cm³/mol. The van der Waals surface area contributed by atoms with Crippen molar-refractivity contribution < 1.29 is 19.4 Å². The van der Waals surface area contributed by atoms with E-state index in [0.29, 0.717) is 12.4 Å². The van der Waals surface area contributed by atoms with E-state index in [4.69, 9.17) is 9.47 Å². The Balaban J connectivity index is 1.35. The van der Waals surface area contributed by atoms with Gasteiger partial charge in [-0.25, -0.2) is 4.79 Å². The molecule has 3 aromatic rings. The van der Waals surface area contributed by atoms with E-state index in [1.807, 2.05) is 42.1 Å². The number of fused-ring (bicyclic) bond motifs is 1. The van der Waals surface area contributed by atoms with Gasteiger partial charge in [0, 0.05) is 17.2 Å². The summed E-state index contributed by atoms with van der Waals surface area (Å²) in [5, 5.41) is 9.44. The smallest absolute Gasteiger partial charge is 0.371 e. The molecule has 0 unspecified atom stereocenters. The standard InChI is InChI=1S/C25H23NO4S/c27-25(28)23(30-21-6-2-1-3-7-21)18-19-10-12-20(13-11-19)29-16-14-26-15-17-31-24-9-5-4-8-22(24)26/h1-13,18H,14-17H2,(H,27,28)/b23-18+. The molecule has 1 heterocycles. The molecule has 1 N–H and O–H groups in total. The lowest BCUT2D eigenvalue weighted by molar-refractivity contribution is -0.134. The number of aliphatic carboxylic acids is 1. The van der Waals surface area contributed by atoms with E-state index < -0.39 is 5.97 Å². The van der Waals surface area contributed by atoms with Crippen LogP contribution in [0.5, 0.6) is 11.5 Å². The topological polar surface area (TPSA) is 59.0 Å². The summed E-state index contributed by atoms with van der Waals surface area (Å²) in [7, 11) is 0. The van der Waals surface area contributed by atoms with Crippen molar-refractivity contribution in [2.45, 2.75) is 4.90 Å². The predicted octanol–water partition coefficient (Wildman–Crippen LogP) is 5.18. The highest BCUT2D eigenvalue weighted by Crippen LogP contribution is 2.34. The third-order valence-electron chi connectivity index (χ3n) is 4.81. The Morgan fingerprint density at radius 3 is 2.48 bits per heavy atom. The van der Waals surface area contributed by atoms with Crippen LogP contribution in [0.15, 0.2) is 89.5 Å². The number of anilines is 1. The lowest BCUT2D eigenvalue weighted by Gasteiger charge is -2.30. The van der Waals surface area contributed by atoms with E-state index in [9.17, 15) is 9.90 Å². The molecule has 0 bridgehead atoms. The van der Waals surface area contributed by atoms with Crippen LogP contribution in [0.1, 0.15) is 5.56 Å². The number of thioether (sulfide) groups is 1. The van der Waals surface area contributed by atoms with Gasteiger partial charge in [-0.2, -0.15) is 0 Å². The minimum Gasteiger partial charge on any atom is -0.492 e. The Bertz CT molecular complexity index is 1050. The number of hydrogen-bond donors (Lipinski definition) is 1. The van der Waals surface area contributed by atoms with Crippen molar-refractivity contribution in [2.75, 3.05) is 30.3 Å². The zero-order chi connectivity index (χ0) is 21.5. The molecule has 0 fully saturated rings. The first-order valence-corrected chi connectivity index (χ1v) is 11.0. The molecule has 0 amide bonds. The van der Waals surface area contributed by atoms with Crippen molar-refractivity contribution in [1.82, 2.24) is 0 Å². The summed E-state index contributed by atoms with van der Waals surface area (Å²) in [4.78, 5) is 15.2. The molecule has 1 aliphatic heterocycles. The van der Waals surface area contributed by atoms with Gasteiger partial charge in [-0.05, 0) is 48.0 Å². The molecule has 0 radical (unpaired) electrons. The maximum Gasteiger partial charge on any atom is 0.371 e. The van der Waals surface area contributed by atoms with Gasteiger partial charge in [0.1, 0.15) is 18.1 Å². The highest BCUT2D eigenvalue weighted by atomic mass is 32.2. The summed E-state index contributed by atoms with van der Waals surface area (Å²) in [6.45, 7) is 2.40. The minimum absolute atomic E-state index is 0.137. The molecule has 3 aromatic carbocycles. The number of carboxylic acids is 1. The Morgan fingerprint density at radius 2 is 1.71 bits per heavy atom. The highest BCUT2D eigenvalue weighted by Gasteiger charge is 2.16. The van der Waals surface area contributed by atoms with Gasteiger partial charge in [0.05, 0.1) is 12.2 Å².